The zero-order valence-corrected chi connectivity index (χ0v) is 8.48. The second-order valence-corrected chi connectivity index (χ2v) is 4.72. The average molecular weight is 199 g/mol. The molecule has 1 unspecified atom stereocenters. The summed E-state index contributed by atoms with van der Waals surface area (Å²) in [6, 6.07) is 10.5. The number of fused-ring (bicyclic) bond motifs is 3. The molecule has 0 radical (unpaired) electrons. The Balaban J connectivity index is 2.08. The molecule has 1 N–H and O–H groups in total. The third kappa shape index (κ3) is 1.07. The highest BCUT2D eigenvalue weighted by Crippen LogP contribution is 2.55. The number of nitriles is 1. The van der Waals surface area contributed by atoms with Crippen LogP contribution in [0.15, 0.2) is 24.3 Å². The molecule has 2 aliphatic rings. The second-order valence-electron chi connectivity index (χ2n) is 4.72. The fraction of sp³-hybridized carbons (Fsp3) is 0.462. The molecule has 3 atom stereocenters. The third-order valence-electron chi connectivity index (χ3n) is 3.94. The van der Waals surface area contributed by atoms with Gasteiger partial charge in [-0.3, -0.25) is 0 Å². The number of rotatable bonds is 0. The predicted molar refractivity (Wildman–Crippen MR) is 56.2 cm³/mol. The first kappa shape index (κ1) is 8.94. The number of benzene rings is 1. The van der Waals surface area contributed by atoms with Gasteiger partial charge in [-0.05, 0) is 30.4 Å². The highest BCUT2D eigenvalue weighted by atomic mass is 16.3. The summed E-state index contributed by atoms with van der Waals surface area (Å²) in [4.78, 5) is 0. The Morgan fingerprint density at radius 1 is 1.40 bits per heavy atom. The van der Waals surface area contributed by atoms with E-state index in [0.29, 0.717) is 6.42 Å². The van der Waals surface area contributed by atoms with Crippen molar-refractivity contribution in [1.82, 2.24) is 0 Å². The lowest BCUT2D eigenvalue weighted by Gasteiger charge is -2.52. The fourth-order valence-corrected chi connectivity index (χ4v) is 3.14. The molecule has 0 aromatic heterocycles. The summed E-state index contributed by atoms with van der Waals surface area (Å²) in [5.74, 6) is 0.0731. The first-order valence-electron chi connectivity index (χ1n) is 5.44. The molecule has 1 aromatic carbocycles. The minimum absolute atomic E-state index is 0.0106. The van der Waals surface area contributed by atoms with Crippen molar-refractivity contribution >= 4 is 0 Å². The van der Waals surface area contributed by atoms with Crippen LogP contribution in [0.3, 0.4) is 0 Å². The second kappa shape index (κ2) is 2.84. The Hall–Kier alpha value is -1.33. The number of hydrogen-bond donors (Lipinski definition) is 1. The van der Waals surface area contributed by atoms with Crippen LogP contribution in [0.2, 0.25) is 0 Å². The van der Waals surface area contributed by atoms with Crippen molar-refractivity contribution in [1.29, 1.82) is 5.26 Å². The van der Waals surface area contributed by atoms with Crippen LogP contribution in [0.25, 0.3) is 0 Å². The maximum absolute atomic E-state index is 10.3. The van der Waals surface area contributed by atoms with Gasteiger partial charge in [0.25, 0.3) is 0 Å². The molecule has 1 saturated carbocycles. The Labute approximate surface area is 89.2 Å². The Bertz CT molecular complexity index is 448. The van der Waals surface area contributed by atoms with Gasteiger partial charge < -0.3 is 5.11 Å². The standard InChI is InChI=1S/C13H13NO/c14-8-10-7-13(15)6-5-9-3-1-2-4-11(9)12(10)13/h1-4,10,12,15H,5-7H2/t10-,12?,13+/m0/s1. The predicted octanol–water partition coefficient (Wildman–Crippen LogP) is 1.99. The van der Waals surface area contributed by atoms with E-state index in [4.69, 9.17) is 5.26 Å². The van der Waals surface area contributed by atoms with E-state index in [-0.39, 0.29) is 11.8 Å². The van der Waals surface area contributed by atoms with Gasteiger partial charge in [-0.15, -0.1) is 0 Å². The van der Waals surface area contributed by atoms with Crippen molar-refractivity contribution in [3.8, 4) is 6.07 Å². The van der Waals surface area contributed by atoms with Crippen LogP contribution in [0.5, 0.6) is 0 Å². The maximum Gasteiger partial charge on any atom is 0.0744 e. The SMILES string of the molecule is N#C[C@@H]1C[C@]2(O)CCc3ccccc3C12. The van der Waals surface area contributed by atoms with E-state index in [1.165, 1.54) is 11.1 Å². The molecule has 15 heavy (non-hydrogen) atoms. The van der Waals surface area contributed by atoms with Crippen molar-refractivity contribution < 1.29 is 5.11 Å². The highest BCUT2D eigenvalue weighted by molar-refractivity contribution is 5.40. The third-order valence-corrected chi connectivity index (χ3v) is 3.94. The molecule has 2 heteroatoms. The molecule has 0 saturated heterocycles. The van der Waals surface area contributed by atoms with Gasteiger partial charge >= 0.3 is 0 Å². The van der Waals surface area contributed by atoms with Crippen LogP contribution in [0.1, 0.15) is 29.9 Å². The van der Waals surface area contributed by atoms with Crippen LogP contribution in [-0.2, 0) is 6.42 Å². The van der Waals surface area contributed by atoms with Gasteiger partial charge in [-0.2, -0.15) is 5.26 Å². The molecular weight excluding hydrogens is 186 g/mol. The summed E-state index contributed by atoms with van der Waals surface area (Å²) in [5.41, 5.74) is 1.92. The minimum atomic E-state index is -0.589. The van der Waals surface area contributed by atoms with Crippen LogP contribution in [0, 0.1) is 17.2 Å². The largest absolute Gasteiger partial charge is 0.389 e. The molecule has 0 spiro atoms. The topological polar surface area (TPSA) is 44.0 Å². The molecular formula is C13H13NO. The summed E-state index contributed by atoms with van der Waals surface area (Å²) in [7, 11) is 0. The zero-order chi connectivity index (χ0) is 10.5. The molecule has 0 bridgehead atoms. The zero-order valence-electron chi connectivity index (χ0n) is 8.48. The molecule has 0 amide bonds. The van der Waals surface area contributed by atoms with Gasteiger partial charge in [0.15, 0.2) is 0 Å². The lowest BCUT2D eigenvalue weighted by Crippen LogP contribution is -2.54. The first-order chi connectivity index (χ1) is 7.24. The van der Waals surface area contributed by atoms with Crippen molar-refractivity contribution in [2.75, 3.05) is 0 Å². The summed E-state index contributed by atoms with van der Waals surface area (Å²) in [6.07, 6.45) is 2.41. The summed E-state index contributed by atoms with van der Waals surface area (Å²) in [6.45, 7) is 0. The van der Waals surface area contributed by atoms with Gasteiger partial charge in [-0.1, -0.05) is 24.3 Å². The molecule has 76 valence electrons. The average Bonchev–Trinajstić information content (AvgIpc) is 2.23. The number of hydrogen-bond acceptors (Lipinski definition) is 2. The van der Waals surface area contributed by atoms with Crippen LogP contribution < -0.4 is 0 Å². The normalized spacial score (nSPS) is 37.1. The van der Waals surface area contributed by atoms with Gasteiger partial charge in [-0.25, -0.2) is 0 Å². The van der Waals surface area contributed by atoms with E-state index < -0.39 is 5.60 Å². The monoisotopic (exact) mass is 199 g/mol. The van der Waals surface area contributed by atoms with Gasteiger partial charge in [0.05, 0.1) is 17.6 Å². The molecule has 3 rings (SSSR count). The highest BCUT2D eigenvalue weighted by Gasteiger charge is 2.55. The van der Waals surface area contributed by atoms with Gasteiger partial charge in [0, 0.05) is 5.92 Å². The first-order valence-corrected chi connectivity index (χ1v) is 5.44. The van der Waals surface area contributed by atoms with Crippen LogP contribution in [0.4, 0.5) is 0 Å². The van der Waals surface area contributed by atoms with E-state index >= 15 is 0 Å². The molecule has 2 aliphatic carbocycles. The van der Waals surface area contributed by atoms with E-state index in [9.17, 15) is 5.11 Å². The summed E-state index contributed by atoms with van der Waals surface area (Å²) < 4.78 is 0. The van der Waals surface area contributed by atoms with E-state index in [1.54, 1.807) is 0 Å². The van der Waals surface area contributed by atoms with Crippen LogP contribution >= 0.6 is 0 Å². The summed E-state index contributed by atoms with van der Waals surface area (Å²) in [5, 5.41) is 19.3. The smallest absolute Gasteiger partial charge is 0.0744 e. The summed E-state index contributed by atoms with van der Waals surface area (Å²) >= 11 is 0. The minimum Gasteiger partial charge on any atom is -0.389 e. The lowest BCUT2D eigenvalue weighted by atomic mass is 9.54. The van der Waals surface area contributed by atoms with E-state index in [2.05, 4.69) is 18.2 Å². The Morgan fingerprint density at radius 2 is 2.20 bits per heavy atom. The molecule has 1 aromatic rings. The number of aliphatic hydroxyl groups is 1. The van der Waals surface area contributed by atoms with Gasteiger partial charge in [0.2, 0.25) is 0 Å². The van der Waals surface area contributed by atoms with Crippen molar-refractivity contribution in [3.05, 3.63) is 35.4 Å². The quantitative estimate of drug-likeness (QED) is 0.694. The maximum atomic E-state index is 10.3. The molecule has 1 fully saturated rings. The van der Waals surface area contributed by atoms with Crippen molar-refractivity contribution in [2.45, 2.75) is 30.8 Å². The molecule has 2 nitrogen and oxygen atoms in total. The van der Waals surface area contributed by atoms with Gasteiger partial charge in [0.1, 0.15) is 0 Å². The van der Waals surface area contributed by atoms with Crippen molar-refractivity contribution in [2.24, 2.45) is 5.92 Å². The fourth-order valence-electron chi connectivity index (χ4n) is 3.14. The number of nitrogens with zero attached hydrogens (tertiary/aromatic N) is 1. The Kier molecular flexibility index (Phi) is 1.69. The van der Waals surface area contributed by atoms with Crippen LogP contribution in [-0.4, -0.2) is 10.7 Å². The number of aryl methyl sites for hydroxylation is 1. The van der Waals surface area contributed by atoms with E-state index in [0.717, 1.165) is 12.8 Å². The Morgan fingerprint density at radius 3 is 3.00 bits per heavy atom. The molecule has 0 heterocycles. The lowest BCUT2D eigenvalue weighted by molar-refractivity contribution is -0.0944. The van der Waals surface area contributed by atoms with Crippen molar-refractivity contribution in [3.63, 3.8) is 0 Å². The van der Waals surface area contributed by atoms with E-state index in [1.807, 2.05) is 12.1 Å². The molecule has 0 aliphatic heterocycles.